The quantitative estimate of drug-likeness (QED) is 0.625. The van der Waals surface area contributed by atoms with Crippen molar-refractivity contribution in [1.82, 2.24) is 15.0 Å². The zero-order chi connectivity index (χ0) is 13.1. The highest BCUT2D eigenvalue weighted by molar-refractivity contribution is 6.32. The third-order valence-corrected chi connectivity index (χ3v) is 2.46. The fraction of sp³-hybridized carbons (Fsp3) is 0.200. The van der Waals surface area contributed by atoms with Gasteiger partial charge in [-0.2, -0.15) is 0 Å². The summed E-state index contributed by atoms with van der Waals surface area (Å²) >= 11 is 5.88. The Morgan fingerprint density at radius 2 is 2.33 bits per heavy atom. The summed E-state index contributed by atoms with van der Waals surface area (Å²) in [6.45, 7) is 0.148. The van der Waals surface area contributed by atoms with E-state index in [2.05, 4.69) is 10.3 Å². The van der Waals surface area contributed by atoms with Gasteiger partial charge in [0.15, 0.2) is 0 Å². The molecular formula is C10H9ClN4O3. The van der Waals surface area contributed by atoms with Gasteiger partial charge in [0.1, 0.15) is 18.1 Å². The Morgan fingerprint density at radius 3 is 2.94 bits per heavy atom. The topological polar surface area (TPSA) is 83.1 Å². The Morgan fingerprint density at radius 1 is 1.56 bits per heavy atom. The number of non-ortho nitro benzene ring substituents is 1. The molecule has 2 rings (SSSR count). The Balaban J connectivity index is 2.13. The molecule has 1 heterocycles. The number of rotatable bonds is 4. The van der Waals surface area contributed by atoms with Crippen LogP contribution >= 0.6 is 11.6 Å². The molecule has 0 saturated carbocycles. The molecule has 0 fully saturated rings. The standard InChI is InChI=1S/C10H9ClN4O3/c1-14-5-7(12-13-14)6-18-10-4-8(15(16)17)2-3-9(10)11/h2-5H,6H2,1H3. The maximum Gasteiger partial charge on any atom is 0.273 e. The fourth-order valence-electron chi connectivity index (χ4n) is 1.33. The van der Waals surface area contributed by atoms with Gasteiger partial charge < -0.3 is 4.74 Å². The van der Waals surface area contributed by atoms with Crippen LogP contribution in [0.1, 0.15) is 5.69 Å². The highest BCUT2D eigenvalue weighted by atomic mass is 35.5. The number of nitro groups is 1. The minimum absolute atomic E-state index is 0.0754. The predicted octanol–water partition coefficient (Wildman–Crippen LogP) is 1.96. The predicted molar refractivity (Wildman–Crippen MR) is 63.4 cm³/mol. The lowest BCUT2D eigenvalue weighted by Crippen LogP contribution is -1.97. The number of hydrogen-bond donors (Lipinski definition) is 0. The van der Waals surface area contributed by atoms with E-state index in [9.17, 15) is 10.1 Å². The van der Waals surface area contributed by atoms with Gasteiger partial charge >= 0.3 is 0 Å². The molecule has 0 N–H and O–H groups in total. The lowest BCUT2D eigenvalue weighted by Gasteiger charge is -2.05. The lowest BCUT2D eigenvalue weighted by atomic mass is 10.3. The SMILES string of the molecule is Cn1cc(COc2cc([N+](=O)[O-])ccc2Cl)nn1. The second-order valence-electron chi connectivity index (χ2n) is 3.54. The number of nitrogens with zero attached hydrogens (tertiary/aromatic N) is 4. The highest BCUT2D eigenvalue weighted by Crippen LogP contribution is 2.29. The van der Waals surface area contributed by atoms with Crippen LogP contribution in [0.2, 0.25) is 5.02 Å². The van der Waals surface area contributed by atoms with E-state index in [1.807, 2.05) is 0 Å². The highest BCUT2D eigenvalue weighted by Gasteiger charge is 2.11. The van der Waals surface area contributed by atoms with Gasteiger partial charge in [0.05, 0.1) is 22.2 Å². The van der Waals surface area contributed by atoms with Crippen LogP contribution in [0.3, 0.4) is 0 Å². The Bertz CT molecular complexity index is 584. The summed E-state index contributed by atoms with van der Waals surface area (Å²) in [5.74, 6) is 0.247. The van der Waals surface area contributed by atoms with Gasteiger partial charge in [-0.05, 0) is 6.07 Å². The normalized spacial score (nSPS) is 10.3. The van der Waals surface area contributed by atoms with Gasteiger partial charge in [0.2, 0.25) is 0 Å². The van der Waals surface area contributed by atoms with E-state index in [1.54, 1.807) is 13.2 Å². The summed E-state index contributed by atoms with van der Waals surface area (Å²) in [4.78, 5) is 10.1. The van der Waals surface area contributed by atoms with E-state index in [-0.39, 0.29) is 18.0 Å². The number of halogens is 1. The first kappa shape index (κ1) is 12.3. The fourth-order valence-corrected chi connectivity index (χ4v) is 1.50. The van der Waals surface area contributed by atoms with Crippen LogP contribution in [0, 0.1) is 10.1 Å². The molecule has 0 aliphatic rings. The van der Waals surface area contributed by atoms with Crippen molar-refractivity contribution in [2.24, 2.45) is 7.05 Å². The third kappa shape index (κ3) is 2.75. The van der Waals surface area contributed by atoms with Gasteiger partial charge in [-0.1, -0.05) is 16.8 Å². The van der Waals surface area contributed by atoms with Crippen LogP contribution in [-0.4, -0.2) is 19.9 Å². The zero-order valence-corrected chi connectivity index (χ0v) is 10.2. The van der Waals surface area contributed by atoms with Gasteiger partial charge in [-0.25, -0.2) is 0 Å². The molecule has 7 nitrogen and oxygen atoms in total. The molecule has 0 bridgehead atoms. The van der Waals surface area contributed by atoms with Crippen molar-refractivity contribution >= 4 is 17.3 Å². The van der Waals surface area contributed by atoms with Crippen molar-refractivity contribution in [1.29, 1.82) is 0 Å². The summed E-state index contributed by atoms with van der Waals surface area (Å²) in [7, 11) is 1.73. The zero-order valence-electron chi connectivity index (χ0n) is 9.41. The molecule has 0 spiro atoms. The third-order valence-electron chi connectivity index (χ3n) is 2.15. The molecule has 0 atom stereocenters. The molecule has 94 valence electrons. The van der Waals surface area contributed by atoms with Crippen LogP contribution in [-0.2, 0) is 13.7 Å². The average Bonchev–Trinajstić information content (AvgIpc) is 2.74. The van der Waals surface area contributed by atoms with E-state index < -0.39 is 4.92 Å². The van der Waals surface area contributed by atoms with Crippen molar-refractivity contribution in [2.75, 3.05) is 0 Å². The first-order valence-electron chi connectivity index (χ1n) is 4.98. The van der Waals surface area contributed by atoms with E-state index in [0.29, 0.717) is 10.7 Å². The first-order chi connectivity index (χ1) is 8.56. The van der Waals surface area contributed by atoms with Gasteiger partial charge in [0, 0.05) is 13.1 Å². The van der Waals surface area contributed by atoms with Crippen LogP contribution < -0.4 is 4.74 Å². The maximum absolute atomic E-state index is 10.6. The monoisotopic (exact) mass is 268 g/mol. The van der Waals surface area contributed by atoms with Crippen molar-refractivity contribution < 1.29 is 9.66 Å². The molecule has 0 aliphatic carbocycles. The second-order valence-corrected chi connectivity index (χ2v) is 3.95. The molecule has 1 aromatic carbocycles. The van der Waals surface area contributed by atoms with Gasteiger partial charge in [0.25, 0.3) is 5.69 Å². The Kier molecular flexibility index (Phi) is 3.42. The number of nitro benzene ring substituents is 1. The van der Waals surface area contributed by atoms with E-state index in [1.165, 1.54) is 22.9 Å². The number of ether oxygens (including phenoxy) is 1. The second kappa shape index (κ2) is 5.01. The Hall–Kier alpha value is -2.15. The number of hydrogen-bond acceptors (Lipinski definition) is 5. The summed E-state index contributed by atoms with van der Waals surface area (Å²) in [5.41, 5.74) is 0.536. The van der Waals surface area contributed by atoms with E-state index in [4.69, 9.17) is 16.3 Å². The molecule has 0 aliphatic heterocycles. The van der Waals surface area contributed by atoms with Gasteiger partial charge in [-0.3, -0.25) is 14.8 Å². The minimum Gasteiger partial charge on any atom is -0.485 e. The first-order valence-corrected chi connectivity index (χ1v) is 5.36. The molecule has 8 heteroatoms. The summed E-state index contributed by atoms with van der Waals surface area (Å²) < 4.78 is 6.91. The summed E-state index contributed by atoms with van der Waals surface area (Å²) in [6.07, 6.45) is 1.69. The molecule has 18 heavy (non-hydrogen) atoms. The van der Waals surface area contributed by atoms with E-state index in [0.717, 1.165) is 0 Å². The molecule has 2 aromatic rings. The van der Waals surface area contributed by atoms with Crippen molar-refractivity contribution in [3.05, 3.63) is 45.2 Å². The summed E-state index contributed by atoms with van der Waals surface area (Å²) in [5, 5.41) is 18.5. The molecular weight excluding hydrogens is 260 g/mol. The van der Waals surface area contributed by atoms with Crippen LogP contribution in [0.4, 0.5) is 5.69 Å². The molecule has 0 saturated heterocycles. The average molecular weight is 269 g/mol. The summed E-state index contributed by atoms with van der Waals surface area (Å²) in [6, 6.07) is 4.02. The minimum atomic E-state index is -0.508. The van der Waals surface area contributed by atoms with Crippen LogP contribution in [0.5, 0.6) is 5.75 Å². The maximum atomic E-state index is 10.6. The van der Waals surface area contributed by atoms with Gasteiger partial charge in [-0.15, -0.1) is 5.10 Å². The molecule has 0 unspecified atom stereocenters. The van der Waals surface area contributed by atoms with Crippen molar-refractivity contribution in [2.45, 2.75) is 6.61 Å². The molecule has 1 aromatic heterocycles. The van der Waals surface area contributed by atoms with Crippen molar-refractivity contribution in [3.63, 3.8) is 0 Å². The van der Waals surface area contributed by atoms with Crippen LogP contribution in [0.25, 0.3) is 0 Å². The smallest absolute Gasteiger partial charge is 0.273 e. The number of benzene rings is 1. The lowest BCUT2D eigenvalue weighted by molar-refractivity contribution is -0.384. The van der Waals surface area contributed by atoms with Crippen molar-refractivity contribution in [3.8, 4) is 5.75 Å². The van der Waals surface area contributed by atoms with Crippen LogP contribution in [0.15, 0.2) is 24.4 Å². The molecule has 0 radical (unpaired) electrons. The Labute approximate surface area is 107 Å². The number of aromatic nitrogens is 3. The largest absolute Gasteiger partial charge is 0.485 e. The van der Waals surface area contributed by atoms with E-state index >= 15 is 0 Å². The number of aryl methyl sites for hydroxylation is 1. The molecule has 0 amide bonds.